The van der Waals surface area contributed by atoms with Crippen LogP contribution in [0, 0.1) is 5.92 Å². The van der Waals surface area contributed by atoms with E-state index in [2.05, 4.69) is 25.6 Å². The average Bonchev–Trinajstić information content (AvgIpc) is 3.75. The second kappa shape index (κ2) is 15.5. The predicted molar refractivity (Wildman–Crippen MR) is 204 cm³/mol. The zero-order valence-electron chi connectivity index (χ0n) is 30.4. The van der Waals surface area contributed by atoms with Crippen LogP contribution in [0.15, 0.2) is 114 Å². The number of aromatic nitrogens is 4. The van der Waals surface area contributed by atoms with E-state index in [0.29, 0.717) is 17.2 Å². The monoisotopic (exact) mass is 730 g/mol. The Bertz CT molecular complexity index is 2210. The van der Waals surface area contributed by atoms with Gasteiger partial charge in [0.15, 0.2) is 11.2 Å². The number of amides is 1. The van der Waals surface area contributed by atoms with Crippen LogP contribution in [0.25, 0.3) is 11.2 Å². The number of hydrogen-bond acceptors (Lipinski definition) is 10. The molecular weight excluding hydrogens is 688 g/mol. The Hall–Kier alpha value is -6.02. The highest BCUT2D eigenvalue weighted by Gasteiger charge is 2.43. The molecule has 3 heterocycles. The van der Waals surface area contributed by atoms with Crippen molar-refractivity contribution in [2.24, 2.45) is 5.92 Å². The van der Waals surface area contributed by atoms with Gasteiger partial charge in [-0.2, -0.15) is 4.98 Å². The van der Waals surface area contributed by atoms with Crippen LogP contribution in [0.4, 0.5) is 17.6 Å². The minimum Gasteiger partial charge on any atom is -0.497 e. The van der Waals surface area contributed by atoms with E-state index in [0.717, 1.165) is 16.7 Å². The van der Waals surface area contributed by atoms with Crippen molar-refractivity contribution in [1.82, 2.24) is 19.5 Å². The molecule has 4 aromatic carbocycles. The van der Waals surface area contributed by atoms with Gasteiger partial charge in [0, 0.05) is 18.0 Å². The third kappa shape index (κ3) is 7.16. The molecule has 0 saturated carbocycles. The van der Waals surface area contributed by atoms with E-state index >= 15 is 0 Å². The van der Waals surface area contributed by atoms with Gasteiger partial charge >= 0.3 is 0 Å². The third-order valence-electron chi connectivity index (χ3n) is 9.48. The van der Waals surface area contributed by atoms with Gasteiger partial charge in [0.1, 0.15) is 29.4 Å². The summed E-state index contributed by atoms with van der Waals surface area (Å²) in [6.07, 6.45) is -2.46. The normalized spacial score (nSPS) is 17.1. The summed E-state index contributed by atoms with van der Waals surface area (Å²) in [5.41, 5.74) is 1.76. The maximum absolute atomic E-state index is 13.3. The number of benzene rings is 4. The van der Waals surface area contributed by atoms with E-state index < -0.39 is 29.6 Å². The van der Waals surface area contributed by atoms with Crippen LogP contribution in [0.2, 0.25) is 0 Å². The smallest absolute Gasteiger partial charge is 0.280 e. The van der Waals surface area contributed by atoms with Crippen LogP contribution in [0.3, 0.4) is 0 Å². The second-order valence-electron chi connectivity index (χ2n) is 13.3. The van der Waals surface area contributed by atoms with Crippen LogP contribution < -0.4 is 25.7 Å². The predicted octanol–water partition coefficient (Wildman–Crippen LogP) is 6.13. The number of fused-ring (bicyclic) bond motifs is 1. The second-order valence-corrected chi connectivity index (χ2v) is 13.3. The van der Waals surface area contributed by atoms with Gasteiger partial charge in [0.05, 0.1) is 26.9 Å². The van der Waals surface area contributed by atoms with Crippen molar-refractivity contribution in [3.63, 3.8) is 0 Å². The minimum absolute atomic E-state index is 0.0244. The maximum atomic E-state index is 13.3. The largest absolute Gasteiger partial charge is 0.497 e. The standard InChI is InChI=1S/C41H42N6O7/c1-25(2)37(49)45-39-44-36-35(38(50)46-39)43-40(42-29-13-9-6-10-14-29)47(36)34-23-32(48)33(54-34)24-53-41(26-11-7-5-8-12-26,27-15-19-30(51-3)20-16-27)28-17-21-31(52-4)22-18-28/h5-22,25,32-34,48H,23-24H2,1-4H3,(H,42,43)(H2,44,45,46,49,50)/t32-,33+,34+/m0/s1. The van der Waals surface area contributed by atoms with Crippen LogP contribution in [0.1, 0.15) is 43.2 Å². The SMILES string of the molecule is COc1ccc(C(OC[C@H]2O[C@@H](n3c(Nc4ccccc4)nc4c(=O)[nH]c(NC(=O)C(C)C)nc43)C[C@@H]2O)(c2ccccc2)c2ccc(OC)cc2)cc1. The van der Waals surface area contributed by atoms with E-state index in [1.165, 1.54) is 0 Å². The van der Waals surface area contributed by atoms with Gasteiger partial charge in [-0.15, -0.1) is 0 Å². The van der Waals surface area contributed by atoms with Crippen LogP contribution >= 0.6 is 0 Å². The average molecular weight is 731 g/mol. The Morgan fingerprint density at radius 1 is 0.889 bits per heavy atom. The number of anilines is 3. The first-order valence-electron chi connectivity index (χ1n) is 17.7. The molecule has 0 aliphatic carbocycles. The molecule has 1 fully saturated rings. The molecule has 0 unspecified atom stereocenters. The van der Waals surface area contributed by atoms with Crippen molar-refractivity contribution in [2.75, 3.05) is 31.5 Å². The molecule has 2 aromatic heterocycles. The summed E-state index contributed by atoms with van der Waals surface area (Å²) in [5.74, 6) is 0.976. The molecule has 0 bridgehead atoms. The number of hydrogen-bond donors (Lipinski definition) is 4. The maximum Gasteiger partial charge on any atom is 0.280 e. The van der Waals surface area contributed by atoms with Crippen LogP contribution in [-0.2, 0) is 19.9 Å². The molecule has 4 N–H and O–H groups in total. The first kappa shape index (κ1) is 36.3. The molecule has 13 heteroatoms. The number of rotatable bonds is 13. The Balaban J connectivity index is 1.27. The quantitative estimate of drug-likeness (QED) is 0.102. The van der Waals surface area contributed by atoms with Gasteiger partial charge < -0.3 is 29.4 Å². The molecule has 7 rings (SSSR count). The summed E-state index contributed by atoms with van der Waals surface area (Å²) >= 11 is 0. The fourth-order valence-electron chi connectivity index (χ4n) is 6.62. The number of aromatic amines is 1. The van der Waals surface area contributed by atoms with Gasteiger partial charge in [0.25, 0.3) is 5.56 Å². The van der Waals surface area contributed by atoms with Gasteiger partial charge in [-0.05, 0) is 53.1 Å². The highest BCUT2D eigenvalue weighted by Crippen LogP contribution is 2.43. The number of nitrogens with one attached hydrogen (secondary N) is 3. The van der Waals surface area contributed by atoms with Crippen molar-refractivity contribution in [2.45, 2.75) is 44.3 Å². The summed E-state index contributed by atoms with van der Waals surface area (Å²) < 4.78 is 26.3. The van der Waals surface area contributed by atoms with Crippen molar-refractivity contribution < 1.29 is 28.8 Å². The molecule has 278 valence electrons. The number of imidazole rings is 1. The third-order valence-corrected chi connectivity index (χ3v) is 9.48. The molecular formula is C41H42N6O7. The molecule has 1 aliphatic rings. The van der Waals surface area contributed by atoms with E-state index in [1.807, 2.05) is 109 Å². The number of H-pyrrole nitrogens is 1. The van der Waals surface area contributed by atoms with Gasteiger partial charge in [-0.3, -0.25) is 24.5 Å². The van der Waals surface area contributed by atoms with Crippen LogP contribution in [-0.4, -0.2) is 63.6 Å². The molecule has 0 radical (unpaired) electrons. The number of aliphatic hydroxyl groups is 1. The van der Waals surface area contributed by atoms with Gasteiger partial charge in [-0.25, -0.2) is 4.98 Å². The lowest BCUT2D eigenvalue weighted by molar-refractivity contribution is -0.118. The molecule has 13 nitrogen and oxygen atoms in total. The Morgan fingerprint density at radius 2 is 1.46 bits per heavy atom. The van der Waals surface area contributed by atoms with Crippen molar-refractivity contribution in [3.05, 3.63) is 136 Å². The minimum atomic E-state index is -1.14. The summed E-state index contributed by atoms with van der Waals surface area (Å²) in [5, 5.41) is 17.6. The Kier molecular flexibility index (Phi) is 10.4. The lowest BCUT2D eigenvalue weighted by Gasteiger charge is -2.37. The zero-order valence-corrected chi connectivity index (χ0v) is 30.4. The number of para-hydroxylation sites is 1. The van der Waals surface area contributed by atoms with E-state index in [4.69, 9.17) is 18.9 Å². The Labute approximate surface area is 311 Å². The summed E-state index contributed by atoms with van der Waals surface area (Å²) in [6, 6.07) is 34.6. The Morgan fingerprint density at radius 3 is 2.04 bits per heavy atom. The molecule has 6 aromatic rings. The number of ether oxygens (including phenoxy) is 4. The first-order chi connectivity index (χ1) is 26.2. The molecule has 1 aliphatic heterocycles. The molecule has 54 heavy (non-hydrogen) atoms. The van der Waals surface area contributed by atoms with Gasteiger partial charge in [0.2, 0.25) is 17.8 Å². The van der Waals surface area contributed by atoms with Crippen molar-refractivity contribution in [1.29, 1.82) is 0 Å². The highest BCUT2D eigenvalue weighted by atomic mass is 16.6. The summed E-state index contributed by atoms with van der Waals surface area (Å²) in [7, 11) is 3.24. The van der Waals surface area contributed by atoms with E-state index in [1.54, 1.807) is 32.6 Å². The number of aliphatic hydroxyl groups excluding tert-OH is 1. The summed E-state index contributed by atoms with van der Waals surface area (Å²) in [4.78, 5) is 37.7. The van der Waals surface area contributed by atoms with E-state index in [9.17, 15) is 14.7 Å². The fraction of sp³-hybridized carbons (Fsp3) is 0.268. The topological polar surface area (TPSA) is 162 Å². The number of carbonyl (C=O) groups excluding carboxylic acids is 1. The number of methoxy groups -OCH3 is 2. The first-order valence-corrected chi connectivity index (χ1v) is 17.7. The van der Waals surface area contributed by atoms with Crippen molar-refractivity contribution >= 4 is 34.7 Å². The highest BCUT2D eigenvalue weighted by molar-refractivity contribution is 5.91. The molecule has 0 spiro atoms. The lowest BCUT2D eigenvalue weighted by atomic mass is 9.80. The zero-order chi connectivity index (χ0) is 37.8. The van der Waals surface area contributed by atoms with Crippen LogP contribution in [0.5, 0.6) is 11.5 Å². The lowest BCUT2D eigenvalue weighted by Crippen LogP contribution is -2.38. The van der Waals surface area contributed by atoms with Gasteiger partial charge in [-0.1, -0.05) is 86.6 Å². The van der Waals surface area contributed by atoms with E-state index in [-0.39, 0.29) is 47.9 Å². The molecule has 1 amide bonds. The summed E-state index contributed by atoms with van der Waals surface area (Å²) in [6.45, 7) is 3.45. The fourth-order valence-corrected chi connectivity index (χ4v) is 6.62. The molecule has 3 atom stereocenters. The molecule has 1 saturated heterocycles. The number of carbonyl (C=O) groups is 1. The van der Waals surface area contributed by atoms with Crippen molar-refractivity contribution in [3.8, 4) is 11.5 Å². The number of nitrogens with zero attached hydrogens (tertiary/aromatic N) is 3.